The minimum atomic E-state index is 0.0795. The smallest absolute Gasteiger partial charge is 0.224 e. The fourth-order valence-corrected chi connectivity index (χ4v) is 3.79. The number of nitrogens with one attached hydrogen (secondary N) is 1. The quantitative estimate of drug-likeness (QED) is 0.689. The summed E-state index contributed by atoms with van der Waals surface area (Å²) in [6.07, 6.45) is 2.53. The standard InChI is InChI=1S/C23H27N3O2/c27-23(24-10-11-25-12-14-28-15-13-25)16-20-18-26(17-19-6-2-1-3-7-19)22-9-5-4-8-21(20)22/h1-9,18H,10-17H2,(H,24,27). The Morgan fingerprint density at radius 1 is 1.00 bits per heavy atom. The van der Waals surface area contributed by atoms with Crippen molar-refractivity contribution in [2.24, 2.45) is 0 Å². The minimum absolute atomic E-state index is 0.0795. The number of carbonyl (C=O) groups is 1. The van der Waals surface area contributed by atoms with Crippen LogP contribution < -0.4 is 5.32 Å². The highest BCUT2D eigenvalue weighted by Crippen LogP contribution is 2.23. The van der Waals surface area contributed by atoms with Crippen LogP contribution in [0.3, 0.4) is 0 Å². The number of morpholine rings is 1. The highest BCUT2D eigenvalue weighted by atomic mass is 16.5. The van der Waals surface area contributed by atoms with Crippen LogP contribution in [0.25, 0.3) is 10.9 Å². The van der Waals surface area contributed by atoms with Gasteiger partial charge in [-0.05, 0) is 17.2 Å². The number of nitrogens with zero attached hydrogens (tertiary/aromatic N) is 2. The highest BCUT2D eigenvalue weighted by molar-refractivity contribution is 5.89. The Morgan fingerprint density at radius 2 is 1.75 bits per heavy atom. The molecule has 0 atom stereocenters. The van der Waals surface area contributed by atoms with Gasteiger partial charge in [0, 0.05) is 49.8 Å². The molecule has 5 heteroatoms. The molecule has 2 heterocycles. The van der Waals surface area contributed by atoms with Gasteiger partial charge in [0.2, 0.25) is 5.91 Å². The van der Waals surface area contributed by atoms with Crippen LogP contribution >= 0.6 is 0 Å². The molecule has 0 bridgehead atoms. The molecule has 1 saturated heterocycles. The van der Waals surface area contributed by atoms with Gasteiger partial charge in [-0.3, -0.25) is 9.69 Å². The van der Waals surface area contributed by atoms with Gasteiger partial charge in [-0.2, -0.15) is 0 Å². The lowest BCUT2D eigenvalue weighted by atomic mass is 10.1. The lowest BCUT2D eigenvalue weighted by Gasteiger charge is -2.26. The van der Waals surface area contributed by atoms with E-state index in [9.17, 15) is 4.79 Å². The zero-order chi connectivity index (χ0) is 19.2. The first kappa shape index (κ1) is 18.7. The second kappa shape index (κ2) is 9.04. The number of carbonyl (C=O) groups excluding carboxylic acids is 1. The molecule has 1 fully saturated rings. The molecule has 1 N–H and O–H groups in total. The second-order valence-electron chi connectivity index (χ2n) is 7.27. The molecular weight excluding hydrogens is 350 g/mol. The summed E-state index contributed by atoms with van der Waals surface area (Å²) in [7, 11) is 0. The molecule has 28 heavy (non-hydrogen) atoms. The van der Waals surface area contributed by atoms with Crippen LogP contribution in [-0.4, -0.2) is 54.8 Å². The Labute approximate surface area is 165 Å². The van der Waals surface area contributed by atoms with Gasteiger partial charge >= 0.3 is 0 Å². The molecule has 5 nitrogen and oxygen atoms in total. The summed E-state index contributed by atoms with van der Waals surface area (Å²) >= 11 is 0. The lowest BCUT2D eigenvalue weighted by Crippen LogP contribution is -2.41. The van der Waals surface area contributed by atoms with Crippen molar-refractivity contribution >= 4 is 16.8 Å². The molecule has 0 aliphatic carbocycles. The third kappa shape index (κ3) is 4.61. The Hall–Kier alpha value is -2.63. The Morgan fingerprint density at radius 3 is 2.57 bits per heavy atom. The van der Waals surface area contributed by atoms with Crippen LogP contribution in [0.2, 0.25) is 0 Å². The van der Waals surface area contributed by atoms with Crippen molar-refractivity contribution in [1.82, 2.24) is 14.8 Å². The largest absolute Gasteiger partial charge is 0.379 e. The molecule has 0 radical (unpaired) electrons. The molecule has 2 aromatic carbocycles. The van der Waals surface area contributed by atoms with Gasteiger partial charge in [0.1, 0.15) is 0 Å². The Bertz CT molecular complexity index is 914. The van der Waals surface area contributed by atoms with Crippen LogP contribution in [0.5, 0.6) is 0 Å². The first-order valence-corrected chi connectivity index (χ1v) is 9.97. The van der Waals surface area contributed by atoms with Gasteiger partial charge in [0.15, 0.2) is 0 Å². The molecular formula is C23H27N3O2. The zero-order valence-corrected chi connectivity index (χ0v) is 16.1. The number of rotatable bonds is 7. The number of aromatic nitrogens is 1. The summed E-state index contributed by atoms with van der Waals surface area (Å²) in [6, 6.07) is 18.7. The van der Waals surface area contributed by atoms with E-state index < -0.39 is 0 Å². The number of fused-ring (bicyclic) bond motifs is 1. The SMILES string of the molecule is O=C(Cc1cn(Cc2ccccc2)c2ccccc12)NCCN1CCOCC1. The van der Waals surface area contributed by atoms with Crippen LogP contribution in [0, 0.1) is 0 Å². The van der Waals surface area contributed by atoms with Crippen molar-refractivity contribution in [2.45, 2.75) is 13.0 Å². The van der Waals surface area contributed by atoms with Crippen LogP contribution in [0.1, 0.15) is 11.1 Å². The van der Waals surface area contributed by atoms with E-state index >= 15 is 0 Å². The normalized spacial score (nSPS) is 15.0. The molecule has 1 aliphatic rings. The topological polar surface area (TPSA) is 46.5 Å². The van der Waals surface area contributed by atoms with E-state index in [1.54, 1.807) is 0 Å². The lowest BCUT2D eigenvalue weighted by molar-refractivity contribution is -0.120. The Balaban J connectivity index is 1.41. The van der Waals surface area contributed by atoms with Crippen molar-refractivity contribution in [1.29, 1.82) is 0 Å². The van der Waals surface area contributed by atoms with Crippen molar-refractivity contribution in [3.8, 4) is 0 Å². The van der Waals surface area contributed by atoms with Gasteiger partial charge in [-0.25, -0.2) is 0 Å². The van der Waals surface area contributed by atoms with E-state index in [0.29, 0.717) is 13.0 Å². The Kier molecular flexibility index (Phi) is 6.04. The van der Waals surface area contributed by atoms with Gasteiger partial charge in [-0.15, -0.1) is 0 Å². The highest BCUT2D eigenvalue weighted by Gasteiger charge is 2.13. The summed E-state index contributed by atoms with van der Waals surface area (Å²) in [6.45, 7) is 5.84. The number of amides is 1. The minimum Gasteiger partial charge on any atom is -0.379 e. The van der Waals surface area contributed by atoms with Gasteiger partial charge in [-0.1, -0.05) is 48.5 Å². The van der Waals surface area contributed by atoms with E-state index in [1.165, 1.54) is 11.1 Å². The maximum absolute atomic E-state index is 12.5. The molecule has 1 aliphatic heterocycles. The van der Waals surface area contributed by atoms with Gasteiger partial charge in [0.25, 0.3) is 0 Å². The van der Waals surface area contributed by atoms with Crippen molar-refractivity contribution in [2.75, 3.05) is 39.4 Å². The summed E-state index contributed by atoms with van der Waals surface area (Å²) < 4.78 is 7.60. The fourth-order valence-electron chi connectivity index (χ4n) is 3.79. The second-order valence-corrected chi connectivity index (χ2v) is 7.27. The maximum atomic E-state index is 12.5. The van der Waals surface area contributed by atoms with Crippen LogP contribution in [0.4, 0.5) is 0 Å². The van der Waals surface area contributed by atoms with Gasteiger partial charge in [0.05, 0.1) is 19.6 Å². The summed E-state index contributed by atoms with van der Waals surface area (Å²) in [5.74, 6) is 0.0795. The van der Waals surface area contributed by atoms with E-state index in [0.717, 1.165) is 50.3 Å². The molecule has 0 spiro atoms. The third-order valence-electron chi connectivity index (χ3n) is 5.27. The molecule has 3 aromatic rings. The summed E-state index contributed by atoms with van der Waals surface area (Å²) in [5.41, 5.74) is 3.50. The average molecular weight is 377 g/mol. The predicted molar refractivity (Wildman–Crippen MR) is 111 cm³/mol. The number of hydrogen-bond acceptors (Lipinski definition) is 3. The maximum Gasteiger partial charge on any atom is 0.224 e. The summed E-state index contributed by atoms with van der Waals surface area (Å²) in [4.78, 5) is 14.8. The van der Waals surface area contributed by atoms with E-state index in [1.807, 2.05) is 12.1 Å². The number of benzene rings is 2. The van der Waals surface area contributed by atoms with E-state index in [-0.39, 0.29) is 5.91 Å². The van der Waals surface area contributed by atoms with Crippen LogP contribution in [0.15, 0.2) is 60.8 Å². The molecule has 0 saturated carbocycles. The summed E-state index contributed by atoms with van der Waals surface area (Å²) in [5, 5.41) is 4.23. The first-order valence-electron chi connectivity index (χ1n) is 9.97. The van der Waals surface area contributed by atoms with Crippen LogP contribution in [-0.2, 0) is 22.5 Å². The number of hydrogen-bond donors (Lipinski definition) is 1. The van der Waals surface area contributed by atoms with Crippen molar-refractivity contribution in [3.05, 3.63) is 71.9 Å². The molecule has 146 valence electrons. The van der Waals surface area contributed by atoms with Crippen molar-refractivity contribution in [3.63, 3.8) is 0 Å². The number of ether oxygens (including phenoxy) is 1. The molecule has 1 aromatic heterocycles. The van der Waals surface area contributed by atoms with Crippen molar-refractivity contribution < 1.29 is 9.53 Å². The zero-order valence-electron chi connectivity index (χ0n) is 16.1. The number of para-hydroxylation sites is 1. The fraction of sp³-hybridized carbons (Fsp3) is 0.348. The predicted octanol–water partition coefficient (Wildman–Crippen LogP) is 2.68. The van der Waals surface area contributed by atoms with Gasteiger partial charge < -0.3 is 14.6 Å². The first-order chi connectivity index (χ1) is 13.8. The van der Waals surface area contributed by atoms with E-state index in [4.69, 9.17) is 4.74 Å². The average Bonchev–Trinajstić information content (AvgIpc) is 3.07. The molecule has 0 unspecified atom stereocenters. The molecule has 4 rings (SSSR count). The third-order valence-corrected chi connectivity index (χ3v) is 5.27. The van der Waals surface area contributed by atoms with E-state index in [2.05, 4.69) is 63.4 Å². The molecule has 1 amide bonds. The monoisotopic (exact) mass is 377 g/mol.